The molecule has 1 fully saturated rings. The number of amides is 1. The van der Waals surface area contributed by atoms with Crippen LogP contribution in [0.5, 0.6) is 0 Å². The highest BCUT2D eigenvalue weighted by atomic mass is 16.5. The van der Waals surface area contributed by atoms with E-state index in [1.54, 1.807) is 6.92 Å². The normalized spacial score (nSPS) is 41.3. The summed E-state index contributed by atoms with van der Waals surface area (Å²) in [6.45, 7) is 2.62. The number of nitrogens with one attached hydrogen (secondary N) is 1. The summed E-state index contributed by atoms with van der Waals surface area (Å²) < 4.78 is 5.26. The molecule has 0 aromatic carbocycles. The Morgan fingerprint density at radius 3 is 2.47 bits per heavy atom. The Labute approximate surface area is 87.9 Å². The maximum absolute atomic E-state index is 10.9. The number of carbonyl (C=O) groups excluding carboxylic acids is 1. The van der Waals surface area contributed by atoms with E-state index in [1.165, 1.54) is 6.92 Å². The number of aliphatic hydroxyl groups excluding tert-OH is 3. The first kappa shape index (κ1) is 12.4. The maximum Gasteiger partial charge on any atom is 0.217 e. The van der Waals surface area contributed by atoms with Gasteiger partial charge in [0.2, 0.25) is 5.91 Å². The molecule has 1 heterocycles. The van der Waals surface area contributed by atoms with Crippen LogP contribution in [0.25, 0.3) is 0 Å². The van der Waals surface area contributed by atoms with Crippen LogP contribution >= 0.6 is 0 Å². The number of ether oxygens (including phenoxy) is 1. The first-order valence-electron chi connectivity index (χ1n) is 4.87. The molecule has 6 nitrogen and oxygen atoms in total. The van der Waals surface area contributed by atoms with E-state index in [0.29, 0.717) is 0 Å². The quantitative estimate of drug-likeness (QED) is 0.430. The maximum atomic E-state index is 10.9. The van der Waals surface area contributed by atoms with Crippen LogP contribution in [0.2, 0.25) is 0 Å². The highest BCUT2D eigenvalue weighted by Gasteiger charge is 2.42. The van der Waals surface area contributed by atoms with Gasteiger partial charge in [-0.25, -0.2) is 0 Å². The van der Waals surface area contributed by atoms with Gasteiger partial charge in [-0.1, -0.05) is 0 Å². The molecule has 0 unspecified atom stereocenters. The summed E-state index contributed by atoms with van der Waals surface area (Å²) >= 11 is 0. The summed E-state index contributed by atoms with van der Waals surface area (Å²) in [5.74, 6) is -0.302. The van der Waals surface area contributed by atoms with Crippen molar-refractivity contribution in [3.8, 4) is 0 Å². The molecule has 4 N–H and O–H groups in total. The molecule has 1 rings (SSSR count). The van der Waals surface area contributed by atoms with Gasteiger partial charge in [0.05, 0.1) is 18.8 Å². The third-order valence-corrected chi connectivity index (χ3v) is 2.54. The molecule has 0 spiro atoms. The molecule has 0 aromatic heterocycles. The third kappa shape index (κ3) is 2.66. The standard InChI is InChI=1S/C9H17NO5/c1-4-7(10-5(2)12)9(14)8(13)6(3-11)15-4/h4,6-9,11,13-14H,3H2,1-2H3,(H,10,12)/t4-,6+,7-,8+,9+/m1/s1. The van der Waals surface area contributed by atoms with Gasteiger partial charge >= 0.3 is 0 Å². The van der Waals surface area contributed by atoms with Gasteiger partial charge in [-0.05, 0) is 6.92 Å². The highest BCUT2D eigenvalue weighted by Crippen LogP contribution is 2.20. The average Bonchev–Trinajstić information content (AvgIpc) is 2.18. The molecule has 0 bridgehead atoms. The molecule has 1 amide bonds. The van der Waals surface area contributed by atoms with Gasteiger partial charge in [0, 0.05) is 6.92 Å². The van der Waals surface area contributed by atoms with E-state index in [9.17, 15) is 15.0 Å². The van der Waals surface area contributed by atoms with Crippen molar-refractivity contribution < 1.29 is 24.9 Å². The van der Waals surface area contributed by atoms with E-state index in [-0.39, 0.29) is 12.5 Å². The third-order valence-electron chi connectivity index (χ3n) is 2.54. The van der Waals surface area contributed by atoms with E-state index >= 15 is 0 Å². The molecular weight excluding hydrogens is 202 g/mol. The lowest BCUT2D eigenvalue weighted by Crippen LogP contribution is -2.63. The van der Waals surface area contributed by atoms with E-state index in [2.05, 4.69) is 5.32 Å². The summed E-state index contributed by atoms with van der Waals surface area (Å²) in [6, 6.07) is -0.653. The van der Waals surface area contributed by atoms with Crippen molar-refractivity contribution in [2.24, 2.45) is 0 Å². The van der Waals surface area contributed by atoms with Crippen LogP contribution < -0.4 is 5.32 Å². The topological polar surface area (TPSA) is 99.0 Å². The Kier molecular flexibility index (Phi) is 4.04. The van der Waals surface area contributed by atoms with Gasteiger partial charge in [0.25, 0.3) is 0 Å². The zero-order chi connectivity index (χ0) is 11.6. The Balaban J connectivity index is 2.70. The molecule has 0 aromatic rings. The summed E-state index contributed by atoms with van der Waals surface area (Å²) in [5.41, 5.74) is 0. The first-order valence-corrected chi connectivity index (χ1v) is 4.87. The fraction of sp³-hybridized carbons (Fsp3) is 0.889. The molecule has 88 valence electrons. The van der Waals surface area contributed by atoms with Gasteiger partial charge < -0.3 is 25.4 Å². The van der Waals surface area contributed by atoms with E-state index in [4.69, 9.17) is 9.84 Å². The number of aliphatic hydroxyl groups is 3. The fourth-order valence-electron chi connectivity index (χ4n) is 1.74. The van der Waals surface area contributed by atoms with E-state index in [1.807, 2.05) is 0 Å². The lowest BCUT2D eigenvalue weighted by Gasteiger charge is -2.41. The van der Waals surface area contributed by atoms with Gasteiger partial charge in [0.1, 0.15) is 18.3 Å². The van der Waals surface area contributed by atoms with Crippen molar-refractivity contribution in [2.75, 3.05) is 6.61 Å². The minimum absolute atomic E-state index is 0.302. The van der Waals surface area contributed by atoms with Crippen LogP contribution in [-0.4, -0.2) is 58.3 Å². The molecule has 5 atom stereocenters. The minimum Gasteiger partial charge on any atom is -0.394 e. The second-order valence-electron chi connectivity index (χ2n) is 3.77. The fourth-order valence-corrected chi connectivity index (χ4v) is 1.74. The summed E-state index contributed by atoms with van der Waals surface area (Å²) in [4.78, 5) is 10.9. The molecule has 0 saturated carbocycles. The van der Waals surface area contributed by atoms with Gasteiger partial charge in [-0.15, -0.1) is 0 Å². The van der Waals surface area contributed by atoms with Crippen LogP contribution in [0.4, 0.5) is 0 Å². The lowest BCUT2D eigenvalue weighted by atomic mass is 9.93. The van der Waals surface area contributed by atoms with Gasteiger partial charge in [-0.2, -0.15) is 0 Å². The number of hydrogen-bond acceptors (Lipinski definition) is 5. The smallest absolute Gasteiger partial charge is 0.217 e. The van der Waals surface area contributed by atoms with Crippen molar-refractivity contribution >= 4 is 5.91 Å². The zero-order valence-corrected chi connectivity index (χ0v) is 8.75. The number of rotatable bonds is 2. The van der Waals surface area contributed by atoms with Crippen LogP contribution in [0, 0.1) is 0 Å². The van der Waals surface area contributed by atoms with Gasteiger partial charge in [0.15, 0.2) is 0 Å². The Bertz CT molecular complexity index is 235. The molecule has 0 aliphatic carbocycles. The van der Waals surface area contributed by atoms with Crippen LogP contribution in [0.15, 0.2) is 0 Å². The molecule has 1 aliphatic heterocycles. The number of carbonyl (C=O) groups is 1. The zero-order valence-electron chi connectivity index (χ0n) is 8.75. The molecule has 6 heteroatoms. The lowest BCUT2D eigenvalue weighted by molar-refractivity contribution is -0.190. The predicted octanol–water partition coefficient (Wildman–Crippen LogP) is -2.01. The van der Waals surface area contributed by atoms with Crippen LogP contribution in [-0.2, 0) is 9.53 Å². The van der Waals surface area contributed by atoms with Crippen molar-refractivity contribution in [3.63, 3.8) is 0 Å². The molecular formula is C9H17NO5. The van der Waals surface area contributed by atoms with E-state index < -0.39 is 30.5 Å². The summed E-state index contributed by atoms with van der Waals surface area (Å²) in [7, 11) is 0. The van der Waals surface area contributed by atoms with Crippen molar-refractivity contribution in [1.29, 1.82) is 0 Å². The molecule has 1 aliphatic rings. The van der Waals surface area contributed by atoms with E-state index in [0.717, 1.165) is 0 Å². The van der Waals surface area contributed by atoms with Crippen LogP contribution in [0.3, 0.4) is 0 Å². The minimum atomic E-state index is -1.19. The molecule has 0 radical (unpaired) electrons. The average molecular weight is 219 g/mol. The largest absolute Gasteiger partial charge is 0.394 e. The SMILES string of the molecule is CC(=O)N[C@H]1[C@H](O)[C@@H](O)[C@H](CO)O[C@@H]1C. The monoisotopic (exact) mass is 219 g/mol. The summed E-state index contributed by atoms with van der Waals surface area (Å²) in [6.07, 6.45) is -3.58. The van der Waals surface area contributed by atoms with Crippen LogP contribution in [0.1, 0.15) is 13.8 Å². The Morgan fingerprint density at radius 1 is 1.40 bits per heavy atom. The Morgan fingerprint density at radius 2 is 2.00 bits per heavy atom. The highest BCUT2D eigenvalue weighted by molar-refractivity contribution is 5.73. The second-order valence-corrected chi connectivity index (χ2v) is 3.77. The Hall–Kier alpha value is -0.690. The molecule has 15 heavy (non-hydrogen) atoms. The predicted molar refractivity (Wildman–Crippen MR) is 51.0 cm³/mol. The first-order chi connectivity index (χ1) is 6.97. The van der Waals surface area contributed by atoms with Crippen molar-refractivity contribution in [1.82, 2.24) is 5.32 Å². The summed E-state index contributed by atoms with van der Waals surface area (Å²) in [5, 5.41) is 30.6. The molecule has 1 saturated heterocycles. The van der Waals surface area contributed by atoms with Crippen molar-refractivity contribution in [3.05, 3.63) is 0 Å². The van der Waals surface area contributed by atoms with Crippen molar-refractivity contribution in [2.45, 2.75) is 44.3 Å². The number of hydrogen-bond donors (Lipinski definition) is 4. The van der Waals surface area contributed by atoms with Gasteiger partial charge in [-0.3, -0.25) is 4.79 Å². The second kappa shape index (κ2) is 4.89.